The number of hydrogen-bond acceptors (Lipinski definition) is 4. The Hall–Kier alpha value is -0.620. The lowest BCUT2D eigenvalue weighted by molar-refractivity contribution is 0.280. The van der Waals surface area contributed by atoms with Crippen molar-refractivity contribution in [2.75, 3.05) is 13.1 Å². The van der Waals surface area contributed by atoms with Gasteiger partial charge in [-0.1, -0.05) is 37.6 Å². The highest BCUT2D eigenvalue weighted by Gasteiger charge is 2.53. The SMILES string of the molecule is CC1CC1(C)C1CNC(S(=O)(=O)c2ccccc2Cl)CN1. The van der Waals surface area contributed by atoms with Crippen LogP contribution in [0.4, 0.5) is 0 Å². The Labute approximate surface area is 131 Å². The first-order chi connectivity index (χ1) is 9.85. The van der Waals surface area contributed by atoms with Gasteiger partial charge >= 0.3 is 0 Å². The average Bonchev–Trinajstić information content (AvgIpc) is 3.08. The summed E-state index contributed by atoms with van der Waals surface area (Å²) >= 11 is 6.03. The lowest BCUT2D eigenvalue weighted by atomic mass is 9.95. The maximum atomic E-state index is 12.7. The van der Waals surface area contributed by atoms with E-state index in [4.69, 9.17) is 11.6 Å². The van der Waals surface area contributed by atoms with E-state index in [1.54, 1.807) is 24.3 Å². The number of piperazine rings is 1. The first kappa shape index (κ1) is 15.3. The molecule has 4 nitrogen and oxygen atoms in total. The molecule has 116 valence electrons. The molecule has 21 heavy (non-hydrogen) atoms. The summed E-state index contributed by atoms with van der Waals surface area (Å²) in [6.07, 6.45) is 1.20. The van der Waals surface area contributed by atoms with Crippen LogP contribution in [0.3, 0.4) is 0 Å². The Morgan fingerprint density at radius 1 is 1.24 bits per heavy atom. The third kappa shape index (κ3) is 2.61. The fraction of sp³-hybridized carbons (Fsp3) is 0.600. The predicted octanol–water partition coefficient (Wildman–Crippen LogP) is 2.05. The standard InChI is InChI=1S/C15H21ClN2O2S/c1-10-7-15(10,2)13-8-18-14(9-17-13)21(19,20)12-6-4-3-5-11(12)16/h3-6,10,13-14,17-18H,7-9H2,1-2H3. The van der Waals surface area contributed by atoms with Gasteiger partial charge in [-0.25, -0.2) is 8.42 Å². The van der Waals surface area contributed by atoms with E-state index in [2.05, 4.69) is 24.5 Å². The molecule has 2 N–H and O–H groups in total. The minimum absolute atomic E-state index is 0.204. The van der Waals surface area contributed by atoms with Crippen molar-refractivity contribution in [2.45, 2.75) is 36.6 Å². The fourth-order valence-electron chi connectivity index (χ4n) is 3.24. The van der Waals surface area contributed by atoms with Crippen molar-refractivity contribution in [1.29, 1.82) is 0 Å². The fourth-order valence-corrected chi connectivity index (χ4v) is 5.25. The van der Waals surface area contributed by atoms with Gasteiger partial charge in [-0.05, 0) is 29.9 Å². The molecule has 3 rings (SSSR count). The molecule has 2 fully saturated rings. The smallest absolute Gasteiger partial charge is 0.196 e. The molecule has 0 aromatic heterocycles. The Morgan fingerprint density at radius 2 is 1.90 bits per heavy atom. The summed E-state index contributed by atoms with van der Waals surface area (Å²) in [6.45, 7) is 5.60. The number of halogens is 1. The molecule has 0 bridgehead atoms. The van der Waals surface area contributed by atoms with Crippen molar-refractivity contribution in [3.8, 4) is 0 Å². The van der Waals surface area contributed by atoms with Crippen molar-refractivity contribution >= 4 is 21.4 Å². The molecule has 1 aliphatic carbocycles. The number of sulfone groups is 1. The molecule has 0 radical (unpaired) electrons. The summed E-state index contributed by atoms with van der Waals surface area (Å²) in [7, 11) is -3.46. The molecule has 2 aliphatic rings. The third-order valence-corrected chi connectivity index (χ3v) is 7.62. The van der Waals surface area contributed by atoms with Gasteiger partial charge in [0, 0.05) is 19.1 Å². The molecular weight excluding hydrogens is 308 g/mol. The topological polar surface area (TPSA) is 58.2 Å². The van der Waals surface area contributed by atoms with Gasteiger partial charge in [0.15, 0.2) is 9.84 Å². The molecule has 6 heteroatoms. The van der Waals surface area contributed by atoms with Crippen LogP contribution in [0.2, 0.25) is 5.02 Å². The predicted molar refractivity (Wildman–Crippen MR) is 84.1 cm³/mol. The summed E-state index contributed by atoms with van der Waals surface area (Å²) in [5.74, 6) is 0.702. The third-order valence-electron chi connectivity index (χ3n) is 5.12. The van der Waals surface area contributed by atoms with E-state index in [0.717, 1.165) is 0 Å². The first-order valence-electron chi connectivity index (χ1n) is 7.31. The molecule has 0 spiro atoms. The zero-order chi connectivity index (χ0) is 15.3. The lowest BCUT2D eigenvalue weighted by Crippen LogP contribution is -2.59. The van der Waals surface area contributed by atoms with E-state index in [0.29, 0.717) is 30.5 Å². The Bertz CT molecular complexity index is 641. The highest BCUT2D eigenvalue weighted by Crippen LogP contribution is 2.54. The maximum Gasteiger partial charge on any atom is 0.196 e. The van der Waals surface area contributed by atoms with Crippen molar-refractivity contribution in [1.82, 2.24) is 10.6 Å². The summed E-state index contributed by atoms with van der Waals surface area (Å²) in [5, 5.41) is 6.27. The minimum atomic E-state index is -3.46. The zero-order valence-corrected chi connectivity index (χ0v) is 13.8. The lowest BCUT2D eigenvalue weighted by Gasteiger charge is -2.35. The van der Waals surface area contributed by atoms with Crippen molar-refractivity contribution in [3.05, 3.63) is 29.3 Å². The Kier molecular flexibility index (Phi) is 3.81. The molecule has 1 saturated heterocycles. The highest BCUT2D eigenvalue weighted by atomic mass is 35.5. The summed E-state index contributed by atoms with van der Waals surface area (Å²) in [5.41, 5.74) is 0.298. The average molecular weight is 329 g/mol. The minimum Gasteiger partial charge on any atom is -0.310 e. The molecular formula is C15H21ClN2O2S. The van der Waals surface area contributed by atoms with Crippen LogP contribution in [-0.2, 0) is 9.84 Å². The molecule has 1 aromatic rings. The Balaban J connectivity index is 1.73. The summed E-state index contributed by atoms with van der Waals surface area (Å²) in [4.78, 5) is 0.204. The van der Waals surface area contributed by atoms with Gasteiger partial charge in [-0.3, -0.25) is 5.32 Å². The van der Waals surface area contributed by atoms with Crippen LogP contribution in [0.1, 0.15) is 20.3 Å². The maximum absolute atomic E-state index is 12.7. The number of rotatable bonds is 3. The van der Waals surface area contributed by atoms with Crippen LogP contribution < -0.4 is 10.6 Å². The van der Waals surface area contributed by atoms with Crippen molar-refractivity contribution < 1.29 is 8.42 Å². The van der Waals surface area contributed by atoms with Gasteiger partial charge in [-0.2, -0.15) is 0 Å². The van der Waals surface area contributed by atoms with Crippen LogP contribution >= 0.6 is 11.6 Å². The second-order valence-corrected chi connectivity index (χ2v) is 8.95. The molecule has 4 atom stereocenters. The largest absolute Gasteiger partial charge is 0.310 e. The number of benzene rings is 1. The normalized spacial score (nSPS) is 36.4. The highest BCUT2D eigenvalue weighted by molar-refractivity contribution is 7.92. The first-order valence-corrected chi connectivity index (χ1v) is 9.23. The Morgan fingerprint density at radius 3 is 2.43 bits per heavy atom. The van der Waals surface area contributed by atoms with Gasteiger partial charge in [0.05, 0.1) is 9.92 Å². The van der Waals surface area contributed by atoms with Gasteiger partial charge in [0.2, 0.25) is 0 Å². The van der Waals surface area contributed by atoms with Gasteiger partial charge in [0.25, 0.3) is 0 Å². The molecule has 1 saturated carbocycles. The second kappa shape index (κ2) is 5.23. The van der Waals surface area contributed by atoms with Crippen LogP contribution in [0, 0.1) is 11.3 Å². The van der Waals surface area contributed by atoms with Gasteiger partial charge in [-0.15, -0.1) is 0 Å². The quantitative estimate of drug-likeness (QED) is 0.891. The van der Waals surface area contributed by atoms with E-state index in [1.807, 2.05) is 0 Å². The van der Waals surface area contributed by atoms with Gasteiger partial charge < -0.3 is 5.32 Å². The van der Waals surface area contributed by atoms with E-state index in [1.165, 1.54) is 6.42 Å². The van der Waals surface area contributed by atoms with Gasteiger partial charge in [0.1, 0.15) is 5.37 Å². The van der Waals surface area contributed by atoms with Crippen LogP contribution in [-0.4, -0.2) is 32.9 Å². The van der Waals surface area contributed by atoms with Crippen molar-refractivity contribution in [2.24, 2.45) is 11.3 Å². The monoisotopic (exact) mass is 328 g/mol. The molecule has 0 amide bonds. The molecule has 1 heterocycles. The summed E-state index contributed by atoms with van der Waals surface area (Å²) in [6, 6.07) is 6.95. The van der Waals surface area contributed by atoms with Crippen LogP contribution in [0.15, 0.2) is 29.2 Å². The van der Waals surface area contributed by atoms with E-state index < -0.39 is 15.2 Å². The van der Waals surface area contributed by atoms with Crippen molar-refractivity contribution in [3.63, 3.8) is 0 Å². The van der Waals surface area contributed by atoms with E-state index in [9.17, 15) is 8.42 Å². The molecule has 4 unspecified atom stereocenters. The second-order valence-electron chi connectivity index (χ2n) is 6.44. The van der Waals surface area contributed by atoms with Crippen LogP contribution in [0.25, 0.3) is 0 Å². The van der Waals surface area contributed by atoms with E-state index in [-0.39, 0.29) is 9.92 Å². The molecule has 1 aromatic carbocycles. The number of nitrogens with one attached hydrogen (secondary N) is 2. The van der Waals surface area contributed by atoms with Crippen LogP contribution in [0.5, 0.6) is 0 Å². The zero-order valence-electron chi connectivity index (χ0n) is 12.3. The number of hydrogen-bond donors (Lipinski definition) is 2. The summed E-state index contributed by atoms with van der Waals surface area (Å²) < 4.78 is 25.3. The van der Waals surface area contributed by atoms with E-state index >= 15 is 0 Å². The molecule has 1 aliphatic heterocycles.